The van der Waals surface area contributed by atoms with Crippen LogP contribution in [0.15, 0.2) is 59.6 Å². The zero-order chi connectivity index (χ0) is 27.2. The minimum Gasteiger partial charge on any atom is -0.493 e. The van der Waals surface area contributed by atoms with Crippen molar-refractivity contribution in [2.24, 2.45) is 4.99 Å². The number of hydrogen-bond donors (Lipinski definition) is 1. The van der Waals surface area contributed by atoms with Crippen LogP contribution in [-0.4, -0.2) is 42.9 Å². The normalized spacial score (nSPS) is 16.4. The summed E-state index contributed by atoms with van der Waals surface area (Å²) in [6, 6.07) is 16.2. The van der Waals surface area contributed by atoms with Crippen molar-refractivity contribution in [1.82, 2.24) is 0 Å². The average molecular weight is 513 g/mol. The first-order valence-corrected chi connectivity index (χ1v) is 12.6. The SMILES string of the molecule is COC(=O)c1ccc(C(=O)Nc2cccc(C3=NC(C)(C)Cc4cc(OC)c5c(c43)CC(C)(C)O5)c2)cc1. The van der Waals surface area contributed by atoms with Gasteiger partial charge in [0.05, 0.1) is 31.0 Å². The van der Waals surface area contributed by atoms with E-state index in [-0.39, 0.29) is 17.0 Å². The maximum atomic E-state index is 13.0. The number of nitrogens with zero attached hydrogens (tertiary/aromatic N) is 1. The molecule has 0 saturated carbocycles. The molecule has 0 bridgehead atoms. The number of amides is 1. The van der Waals surface area contributed by atoms with Crippen molar-refractivity contribution in [3.63, 3.8) is 0 Å². The maximum Gasteiger partial charge on any atom is 0.337 e. The fourth-order valence-corrected chi connectivity index (χ4v) is 5.25. The fraction of sp³-hybridized carbons (Fsp3) is 0.323. The first-order chi connectivity index (χ1) is 18.0. The summed E-state index contributed by atoms with van der Waals surface area (Å²) in [5.74, 6) is 0.814. The van der Waals surface area contributed by atoms with Crippen LogP contribution >= 0.6 is 0 Å². The molecule has 3 aromatic rings. The Balaban J connectivity index is 1.51. The molecule has 2 aliphatic heterocycles. The number of carbonyl (C=O) groups is 2. The van der Waals surface area contributed by atoms with Crippen molar-refractivity contribution in [2.45, 2.75) is 51.7 Å². The van der Waals surface area contributed by atoms with Crippen molar-refractivity contribution >= 4 is 23.3 Å². The van der Waals surface area contributed by atoms with Gasteiger partial charge in [-0.2, -0.15) is 0 Å². The first kappa shape index (κ1) is 25.5. The monoisotopic (exact) mass is 512 g/mol. The van der Waals surface area contributed by atoms with Gasteiger partial charge in [-0.05, 0) is 82.1 Å². The van der Waals surface area contributed by atoms with Gasteiger partial charge in [0.15, 0.2) is 11.5 Å². The van der Waals surface area contributed by atoms with Gasteiger partial charge in [0.1, 0.15) is 5.60 Å². The number of benzene rings is 3. The Morgan fingerprint density at radius 3 is 2.34 bits per heavy atom. The number of carbonyl (C=O) groups excluding carboxylic acids is 2. The summed E-state index contributed by atoms with van der Waals surface area (Å²) < 4.78 is 16.8. The van der Waals surface area contributed by atoms with Crippen LogP contribution in [0.25, 0.3) is 0 Å². The van der Waals surface area contributed by atoms with Crippen LogP contribution in [0.1, 0.15) is 70.7 Å². The molecule has 7 heteroatoms. The number of anilines is 1. The standard InChI is InChI=1S/C31H32N2O5/c1-30(2)16-21-15-24(36-5)27-23(17-31(3,4)38-27)25(21)26(33-30)20-8-7-9-22(14-20)32-28(34)18-10-12-19(13-11-18)29(35)37-6/h7-15H,16-17H2,1-6H3,(H,32,34). The van der Waals surface area contributed by atoms with E-state index < -0.39 is 5.97 Å². The van der Waals surface area contributed by atoms with Crippen molar-refractivity contribution in [1.29, 1.82) is 0 Å². The molecule has 7 nitrogen and oxygen atoms in total. The minimum atomic E-state index is -0.445. The van der Waals surface area contributed by atoms with Crippen molar-refractivity contribution in [3.05, 3.63) is 88.0 Å². The van der Waals surface area contributed by atoms with E-state index in [1.54, 1.807) is 31.4 Å². The van der Waals surface area contributed by atoms with Gasteiger partial charge >= 0.3 is 5.97 Å². The zero-order valence-corrected chi connectivity index (χ0v) is 22.6. The Morgan fingerprint density at radius 1 is 0.947 bits per heavy atom. The molecule has 0 atom stereocenters. The molecule has 0 aliphatic carbocycles. The van der Waals surface area contributed by atoms with Gasteiger partial charge < -0.3 is 19.5 Å². The van der Waals surface area contributed by atoms with E-state index in [9.17, 15) is 9.59 Å². The van der Waals surface area contributed by atoms with Gasteiger partial charge in [0, 0.05) is 34.4 Å². The highest BCUT2D eigenvalue weighted by Crippen LogP contribution is 2.47. The summed E-state index contributed by atoms with van der Waals surface area (Å²) in [5, 5.41) is 2.97. The summed E-state index contributed by atoms with van der Waals surface area (Å²) in [6.07, 6.45) is 1.53. The van der Waals surface area contributed by atoms with Gasteiger partial charge in [-0.15, -0.1) is 0 Å². The number of hydrogen-bond acceptors (Lipinski definition) is 6. The maximum absolute atomic E-state index is 13.0. The number of nitrogens with one attached hydrogen (secondary N) is 1. The molecule has 38 heavy (non-hydrogen) atoms. The summed E-state index contributed by atoms with van der Waals surface area (Å²) in [6.45, 7) is 8.41. The van der Waals surface area contributed by atoms with Crippen LogP contribution in [0.5, 0.6) is 11.5 Å². The molecule has 1 amide bonds. The molecule has 0 fully saturated rings. The molecule has 0 saturated heterocycles. The smallest absolute Gasteiger partial charge is 0.337 e. The van der Waals surface area contributed by atoms with E-state index in [2.05, 4.69) is 39.1 Å². The molecule has 0 aromatic heterocycles. The topological polar surface area (TPSA) is 86.2 Å². The predicted molar refractivity (Wildman–Crippen MR) is 147 cm³/mol. The van der Waals surface area contributed by atoms with Crippen LogP contribution in [-0.2, 0) is 17.6 Å². The predicted octanol–water partition coefficient (Wildman–Crippen LogP) is 5.62. The summed E-state index contributed by atoms with van der Waals surface area (Å²) in [5.41, 5.74) is 6.00. The number of rotatable bonds is 5. The lowest BCUT2D eigenvalue weighted by Gasteiger charge is -2.31. The first-order valence-electron chi connectivity index (χ1n) is 12.6. The molecule has 0 unspecified atom stereocenters. The highest BCUT2D eigenvalue weighted by molar-refractivity contribution is 6.17. The van der Waals surface area contributed by atoms with Crippen LogP contribution in [0.3, 0.4) is 0 Å². The third-order valence-corrected chi connectivity index (χ3v) is 6.86. The second-order valence-electron chi connectivity index (χ2n) is 11.0. The zero-order valence-electron chi connectivity index (χ0n) is 22.6. The number of ether oxygens (including phenoxy) is 3. The Morgan fingerprint density at radius 2 is 1.66 bits per heavy atom. The van der Waals surface area contributed by atoms with Gasteiger partial charge in [-0.3, -0.25) is 9.79 Å². The molecule has 196 valence electrons. The third kappa shape index (κ3) is 4.76. The van der Waals surface area contributed by atoms with Crippen LogP contribution < -0.4 is 14.8 Å². The van der Waals surface area contributed by atoms with E-state index in [0.717, 1.165) is 46.7 Å². The largest absolute Gasteiger partial charge is 0.493 e. The quantitative estimate of drug-likeness (QED) is 0.449. The Kier molecular flexibility index (Phi) is 6.25. The molecular formula is C31H32N2O5. The van der Waals surface area contributed by atoms with E-state index in [1.165, 1.54) is 12.7 Å². The molecule has 3 aromatic carbocycles. The molecular weight excluding hydrogens is 480 g/mol. The van der Waals surface area contributed by atoms with E-state index in [4.69, 9.17) is 19.2 Å². The van der Waals surface area contributed by atoms with Crippen molar-refractivity contribution in [2.75, 3.05) is 19.5 Å². The second-order valence-corrected chi connectivity index (χ2v) is 11.0. The van der Waals surface area contributed by atoms with E-state index in [1.807, 2.05) is 24.3 Å². The molecule has 2 heterocycles. The lowest BCUT2D eigenvalue weighted by Crippen LogP contribution is -2.30. The van der Waals surface area contributed by atoms with Crippen molar-refractivity contribution in [3.8, 4) is 11.5 Å². The van der Waals surface area contributed by atoms with Crippen LogP contribution in [0.2, 0.25) is 0 Å². The molecule has 0 spiro atoms. The summed E-state index contributed by atoms with van der Waals surface area (Å²) >= 11 is 0. The average Bonchev–Trinajstić information content (AvgIpc) is 3.21. The van der Waals surface area contributed by atoms with Crippen molar-refractivity contribution < 1.29 is 23.8 Å². The number of esters is 1. The summed E-state index contributed by atoms with van der Waals surface area (Å²) in [4.78, 5) is 29.8. The molecule has 0 radical (unpaired) electrons. The Hall–Kier alpha value is -4.13. The van der Waals surface area contributed by atoms with Crippen LogP contribution in [0.4, 0.5) is 5.69 Å². The third-order valence-electron chi connectivity index (χ3n) is 6.86. The van der Waals surface area contributed by atoms with Gasteiger partial charge in [-0.1, -0.05) is 12.1 Å². The number of methoxy groups -OCH3 is 2. The summed E-state index contributed by atoms with van der Waals surface area (Å²) in [7, 11) is 3.00. The van der Waals surface area contributed by atoms with Gasteiger partial charge in [0.2, 0.25) is 0 Å². The number of fused-ring (bicyclic) bond motifs is 3. The number of aliphatic imine (C=N–C) groups is 1. The highest BCUT2D eigenvalue weighted by Gasteiger charge is 2.39. The molecule has 5 rings (SSSR count). The van der Waals surface area contributed by atoms with E-state index >= 15 is 0 Å². The Labute approximate surface area is 222 Å². The minimum absolute atomic E-state index is 0.273. The highest BCUT2D eigenvalue weighted by atomic mass is 16.5. The lowest BCUT2D eigenvalue weighted by atomic mass is 9.81. The Bertz CT molecular complexity index is 1470. The molecule has 1 N–H and O–H groups in total. The van der Waals surface area contributed by atoms with E-state index in [0.29, 0.717) is 16.8 Å². The second kappa shape index (κ2) is 9.31. The van der Waals surface area contributed by atoms with Gasteiger partial charge in [-0.25, -0.2) is 4.79 Å². The van der Waals surface area contributed by atoms with Crippen LogP contribution in [0, 0.1) is 0 Å². The fourth-order valence-electron chi connectivity index (χ4n) is 5.25. The van der Waals surface area contributed by atoms with Gasteiger partial charge in [0.25, 0.3) is 5.91 Å². The molecule has 2 aliphatic rings. The lowest BCUT2D eigenvalue weighted by molar-refractivity contribution is 0.0600.